The predicted octanol–water partition coefficient (Wildman–Crippen LogP) is 1.91. The van der Waals surface area contributed by atoms with Crippen LogP contribution in [0.1, 0.15) is 42.7 Å². The Balaban J connectivity index is 1.37. The summed E-state index contributed by atoms with van der Waals surface area (Å²) in [6, 6.07) is 8.26. The van der Waals surface area contributed by atoms with E-state index in [0.717, 1.165) is 19.3 Å². The number of ether oxygens (including phenoxy) is 2. The Morgan fingerprint density at radius 1 is 1.25 bits per heavy atom. The molecule has 2 aliphatic rings. The lowest BCUT2D eigenvalue weighted by atomic mass is 10.1. The molecule has 4 atom stereocenters. The van der Waals surface area contributed by atoms with E-state index in [-0.39, 0.29) is 30.2 Å². The fourth-order valence-electron chi connectivity index (χ4n) is 4.66. The van der Waals surface area contributed by atoms with Gasteiger partial charge in [0, 0.05) is 13.5 Å². The van der Waals surface area contributed by atoms with Gasteiger partial charge in [-0.05, 0) is 30.4 Å². The zero-order valence-corrected chi connectivity index (χ0v) is 18.5. The minimum absolute atomic E-state index is 0.00255. The van der Waals surface area contributed by atoms with Gasteiger partial charge in [0.1, 0.15) is 12.6 Å². The van der Waals surface area contributed by atoms with Gasteiger partial charge in [0.2, 0.25) is 10.0 Å². The molecule has 3 aromatic rings. The van der Waals surface area contributed by atoms with Gasteiger partial charge in [-0.3, -0.25) is 4.57 Å². The molecule has 0 saturated carbocycles. The number of benzene rings is 1. The average Bonchev–Trinajstić information content (AvgIpc) is 3.49. The van der Waals surface area contributed by atoms with Crippen molar-refractivity contribution in [2.45, 2.75) is 50.2 Å². The summed E-state index contributed by atoms with van der Waals surface area (Å²) >= 11 is 0. The number of nitrogens with two attached hydrogens (primary N) is 1. The summed E-state index contributed by atoms with van der Waals surface area (Å²) in [4.78, 5) is 13.4. The molecule has 11 heteroatoms. The number of imidazole rings is 1. The number of primary sulfonamides is 1. The van der Waals surface area contributed by atoms with E-state index in [1.54, 1.807) is 13.4 Å². The largest absolute Gasteiger partial charge is 0.379 e. The maximum Gasteiger partial charge on any atom is 0.209 e. The monoisotopic (exact) mass is 458 g/mol. The molecule has 0 spiro atoms. The fraction of sp³-hybridized carbons (Fsp3) is 0.476. The number of nitrogens with one attached hydrogen (secondary N) is 1. The highest BCUT2D eigenvalue weighted by Crippen LogP contribution is 2.37. The molecule has 32 heavy (non-hydrogen) atoms. The molecule has 1 fully saturated rings. The van der Waals surface area contributed by atoms with Crippen molar-refractivity contribution in [3.05, 3.63) is 48.0 Å². The van der Waals surface area contributed by atoms with Crippen molar-refractivity contribution in [2.75, 3.05) is 18.2 Å². The van der Waals surface area contributed by atoms with Gasteiger partial charge in [0.15, 0.2) is 17.0 Å². The van der Waals surface area contributed by atoms with Crippen LogP contribution >= 0.6 is 0 Å². The van der Waals surface area contributed by atoms with Crippen molar-refractivity contribution in [2.24, 2.45) is 5.14 Å². The summed E-state index contributed by atoms with van der Waals surface area (Å²) in [5.41, 5.74) is 3.78. The van der Waals surface area contributed by atoms with Gasteiger partial charge in [-0.15, -0.1) is 0 Å². The van der Waals surface area contributed by atoms with Crippen LogP contribution in [-0.4, -0.2) is 53.0 Å². The lowest BCUT2D eigenvalue weighted by Gasteiger charge is -2.21. The Morgan fingerprint density at radius 3 is 2.91 bits per heavy atom. The molecule has 0 amide bonds. The standard InChI is InChI=1S/C21H26N6O4S/c1-30-16-10-13-4-2-3-5-15(13)18(16)26-20-19-21(24-11-23-20)27(12-25-19)17-7-6-14(31-17)8-9-32(22,28)29/h2-5,11-12,14,16-18H,6-10H2,1H3,(H2,22,28,29)(H,23,24,26)/t14-,16?,17+,18?/m0/s1. The summed E-state index contributed by atoms with van der Waals surface area (Å²) in [5.74, 6) is 0.552. The van der Waals surface area contributed by atoms with Crippen LogP contribution in [0.2, 0.25) is 0 Å². The summed E-state index contributed by atoms with van der Waals surface area (Å²) in [6.07, 6.45) is 5.51. The molecule has 2 aromatic heterocycles. The molecular formula is C21H26N6O4S. The molecule has 1 saturated heterocycles. The molecule has 5 rings (SSSR count). The highest BCUT2D eigenvalue weighted by Gasteiger charge is 2.34. The third-order valence-electron chi connectivity index (χ3n) is 6.26. The number of sulfonamides is 1. The van der Waals surface area contributed by atoms with Gasteiger partial charge < -0.3 is 14.8 Å². The number of methoxy groups -OCH3 is 1. The molecule has 170 valence electrons. The quantitative estimate of drug-likeness (QED) is 0.548. The van der Waals surface area contributed by atoms with Crippen molar-refractivity contribution in [3.8, 4) is 0 Å². The normalized spacial score (nSPS) is 25.3. The van der Waals surface area contributed by atoms with Gasteiger partial charge in [-0.2, -0.15) is 0 Å². The van der Waals surface area contributed by atoms with Crippen LogP contribution in [0.5, 0.6) is 0 Å². The van der Waals surface area contributed by atoms with Crippen molar-refractivity contribution in [1.29, 1.82) is 0 Å². The van der Waals surface area contributed by atoms with Gasteiger partial charge >= 0.3 is 0 Å². The number of rotatable bonds is 7. The second kappa shape index (κ2) is 8.39. The minimum atomic E-state index is -3.50. The van der Waals surface area contributed by atoms with Crippen molar-refractivity contribution >= 4 is 27.0 Å². The zero-order valence-electron chi connectivity index (χ0n) is 17.7. The van der Waals surface area contributed by atoms with E-state index in [1.165, 1.54) is 17.5 Å². The van der Waals surface area contributed by atoms with Gasteiger partial charge in [-0.25, -0.2) is 28.5 Å². The first-order valence-electron chi connectivity index (χ1n) is 10.6. The van der Waals surface area contributed by atoms with Crippen LogP contribution in [0.4, 0.5) is 5.82 Å². The second-order valence-electron chi connectivity index (χ2n) is 8.29. The molecular weight excluding hydrogens is 432 g/mol. The molecule has 3 heterocycles. The molecule has 2 unspecified atom stereocenters. The first-order valence-corrected chi connectivity index (χ1v) is 12.3. The molecule has 0 bridgehead atoms. The maximum atomic E-state index is 11.2. The molecule has 3 N–H and O–H groups in total. The summed E-state index contributed by atoms with van der Waals surface area (Å²) in [6.45, 7) is 0. The first-order chi connectivity index (χ1) is 15.4. The van der Waals surface area contributed by atoms with Crippen LogP contribution in [0.3, 0.4) is 0 Å². The van der Waals surface area contributed by atoms with E-state index >= 15 is 0 Å². The smallest absolute Gasteiger partial charge is 0.209 e. The Bertz CT molecular complexity index is 1230. The third-order valence-corrected chi connectivity index (χ3v) is 7.06. The molecule has 1 aromatic carbocycles. The van der Waals surface area contributed by atoms with Crippen LogP contribution in [0.25, 0.3) is 11.2 Å². The minimum Gasteiger partial charge on any atom is -0.379 e. The Morgan fingerprint density at radius 2 is 2.09 bits per heavy atom. The van der Waals surface area contributed by atoms with Crippen molar-refractivity contribution in [3.63, 3.8) is 0 Å². The Kier molecular flexibility index (Phi) is 5.58. The first kappa shape index (κ1) is 21.3. The lowest BCUT2D eigenvalue weighted by molar-refractivity contribution is 0.00323. The van der Waals surface area contributed by atoms with E-state index in [0.29, 0.717) is 23.4 Å². The van der Waals surface area contributed by atoms with Gasteiger partial charge in [-0.1, -0.05) is 24.3 Å². The molecule has 1 aliphatic heterocycles. The number of nitrogens with zero attached hydrogens (tertiary/aromatic N) is 4. The van der Waals surface area contributed by atoms with E-state index < -0.39 is 10.0 Å². The summed E-state index contributed by atoms with van der Waals surface area (Å²) in [7, 11) is -1.78. The van der Waals surface area contributed by atoms with Crippen molar-refractivity contribution in [1.82, 2.24) is 19.5 Å². The third kappa shape index (κ3) is 4.08. The summed E-state index contributed by atoms with van der Waals surface area (Å²) in [5, 5.41) is 8.64. The predicted molar refractivity (Wildman–Crippen MR) is 118 cm³/mol. The highest BCUT2D eigenvalue weighted by molar-refractivity contribution is 7.89. The molecule has 10 nitrogen and oxygen atoms in total. The summed E-state index contributed by atoms with van der Waals surface area (Å²) < 4.78 is 36.2. The number of fused-ring (bicyclic) bond motifs is 2. The lowest BCUT2D eigenvalue weighted by Crippen LogP contribution is -2.24. The molecule has 1 aliphatic carbocycles. The van der Waals surface area contributed by atoms with Crippen LogP contribution < -0.4 is 10.5 Å². The number of hydrogen-bond donors (Lipinski definition) is 2. The average molecular weight is 459 g/mol. The van der Waals surface area contributed by atoms with Crippen LogP contribution in [-0.2, 0) is 25.9 Å². The Labute approximate surface area is 186 Å². The van der Waals surface area contributed by atoms with Crippen LogP contribution in [0.15, 0.2) is 36.9 Å². The second-order valence-corrected chi connectivity index (χ2v) is 10.0. The van der Waals surface area contributed by atoms with Gasteiger partial charge in [0.25, 0.3) is 0 Å². The topological polar surface area (TPSA) is 134 Å². The SMILES string of the molecule is COC1Cc2ccccc2C1Nc1ncnc2c1ncn2[C@H]1CC[C@@H](CCS(N)(=O)=O)O1. The van der Waals surface area contributed by atoms with Crippen LogP contribution in [0, 0.1) is 0 Å². The van der Waals surface area contributed by atoms with E-state index in [4.69, 9.17) is 14.6 Å². The van der Waals surface area contributed by atoms with E-state index in [2.05, 4.69) is 32.4 Å². The highest BCUT2D eigenvalue weighted by atomic mass is 32.2. The van der Waals surface area contributed by atoms with E-state index in [1.807, 2.05) is 16.7 Å². The number of hydrogen-bond acceptors (Lipinski definition) is 8. The fourth-order valence-corrected chi connectivity index (χ4v) is 5.25. The number of aromatic nitrogens is 4. The maximum absolute atomic E-state index is 11.2. The molecule has 0 radical (unpaired) electrons. The zero-order chi connectivity index (χ0) is 22.3. The van der Waals surface area contributed by atoms with E-state index in [9.17, 15) is 8.42 Å². The number of anilines is 1. The van der Waals surface area contributed by atoms with Gasteiger partial charge in [0.05, 0.1) is 30.3 Å². The Hall–Kier alpha value is -2.60. The van der Waals surface area contributed by atoms with Crippen molar-refractivity contribution < 1.29 is 17.9 Å².